The first kappa shape index (κ1) is 13.5. The highest BCUT2D eigenvalue weighted by Crippen LogP contribution is 2.19. The van der Waals surface area contributed by atoms with Crippen LogP contribution in [0.1, 0.15) is 26.2 Å². The molecule has 94 valence electrons. The molecule has 4 heteroatoms. The van der Waals surface area contributed by atoms with Gasteiger partial charge in [-0.25, -0.2) is 0 Å². The van der Waals surface area contributed by atoms with Gasteiger partial charge in [-0.2, -0.15) is 0 Å². The Labute approximate surface area is 99.0 Å². The summed E-state index contributed by atoms with van der Waals surface area (Å²) in [5.41, 5.74) is 0. The van der Waals surface area contributed by atoms with Gasteiger partial charge in [0.15, 0.2) is 0 Å². The van der Waals surface area contributed by atoms with E-state index in [0.717, 1.165) is 13.1 Å². The monoisotopic (exact) mass is 227 g/mol. The third-order valence-corrected chi connectivity index (χ3v) is 3.41. The molecular formula is C12H25N3O. The average Bonchev–Trinajstić information content (AvgIpc) is 2.28. The van der Waals surface area contributed by atoms with Crippen molar-refractivity contribution in [2.45, 2.75) is 38.3 Å². The summed E-state index contributed by atoms with van der Waals surface area (Å²) in [4.78, 5) is 16.0. The van der Waals surface area contributed by atoms with Crippen molar-refractivity contribution in [1.82, 2.24) is 15.1 Å². The van der Waals surface area contributed by atoms with Crippen molar-refractivity contribution in [1.29, 1.82) is 0 Å². The molecule has 1 amide bonds. The first-order valence-electron chi connectivity index (χ1n) is 6.19. The molecule has 1 saturated heterocycles. The summed E-state index contributed by atoms with van der Waals surface area (Å²) in [5, 5.41) is 3.22. The molecule has 1 fully saturated rings. The quantitative estimate of drug-likeness (QED) is 0.761. The zero-order chi connectivity index (χ0) is 12.1. The van der Waals surface area contributed by atoms with Crippen LogP contribution in [0.5, 0.6) is 0 Å². The van der Waals surface area contributed by atoms with E-state index in [9.17, 15) is 4.79 Å². The lowest BCUT2D eigenvalue weighted by atomic mass is 9.99. The van der Waals surface area contributed by atoms with Crippen molar-refractivity contribution in [3.8, 4) is 0 Å². The first-order valence-corrected chi connectivity index (χ1v) is 6.19. The van der Waals surface area contributed by atoms with E-state index in [4.69, 9.17) is 0 Å². The van der Waals surface area contributed by atoms with Gasteiger partial charge in [-0.15, -0.1) is 0 Å². The molecule has 0 aromatic heterocycles. The Hall–Kier alpha value is -0.610. The molecule has 0 bridgehead atoms. The molecule has 1 aliphatic heterocycles. The maximum atomic E-state index is 12.0. The Morgan fingerprint density at radius 1 is 1.50 bits per heavy atom. The average molecular weight is 227 g/mol. The first-order chi connectivity index (χ1) is 7.57. The van der Waals surface area contributed by atoms with Crippen molar-refractivity contribution in [3.63, 3.8) is 0 Å². The summed E-state index contributed by atoms with van der Waals surface area (Å²) >= 11 is 0. The predicted molar refractivity (Wildman–Crippen MR) is 66.4 cm³/mol. The molecule has 2 unspecified atom stereocenters. The molecular weight excluding hydrogens is 202 g/mol. The molecule has 1 heterocycles. The van der Waals surface area contributed by atoms with Crippen molar-refractivity contribution in [2.75, 3.05) is 34.2 Å². The van der Waals surface area contributed by atoms with E-state index in [1.54, 1.807) is 4.90 Å². The number of piperidine rings is 1. The molecule has 0 aliphatic carbocycles. The second-order valence-electron chi connectivity index (χ2n) is 4.85. The molecule has 0 spiro atoms. The number of carbonyl (C=O) groups is 1. The van der Waals surface area contributed by atoms with E-state index in [-0.39, 0.29) is 11.9 Å². The molecule has 1 aliphatic rings. The Morgan fingerprint density at radius 3 is 2.75 bits per heavy atom. The van der Waals surface area contributed by atoms with Gasteiger partial charge in [-0.05, 0) is 33.4 Å². The zero-order valence-corrected chi connectivity index (χ0v) is 11.0. The van der Waals surface area contributed by atoms with Gasteiger partial charge in [0.05, 0.1) is 6.04 Å². The summed E-state index contributed by atoms with van der Waals surface area (Å²) in [7, 11) is 5.64. The van der Waals surface area contributed by atoms with Gasteiger partial charge >= 0.3 is 0 Å². The van der Waals surface area contributed by atoms with E-state index in [2.05, 4.69) is 10.2 Å². The number of hydrogen-bond donors (Lipinski definition) is 1. The molecule has 0 aromatic rings. The van der Waals surface area contributed by atoms with Crippen LogP contribution in [0.3, 0.4) is 0 Å². The summed E-state index contributed by atoms with van der Waals surface area (Å²) in [6.07, 6.45) is 3.70. The van der Waals surface area contributed by atoms with Gasteiger partial charge in [0.2, 0.25) is 5.91 Å². The fraction of sp³-hybridized carbons (Fsp3) is 0.917. The van der Waals surface area contributed by atoms with E-state index in [1.807, 2.05) is 28.1 Å². The second kappa shape index (κ2) is 6.21. The van der Waals surface area contributed by atoms with Crippen molar-refractivity contribution >= 4 is 5.91 Å². The van der Waals surface area contributed by atoms with Gasteiger partial charge in [0, 0.05) is 26.7 Å². The summed E-state index contributed by atoms with van der Waals surface area (Å²) in [5.74, 6) is 0.211. The fourth-order valence-corrected chi connectivity index (χ4v) is 2.50. The minimum atomic E-state index is 0.00801. The number of carbonyl (C=O) groups excluding carboxylic acids is 1. The van der Waals surface area contributed by atoms with Gasteiger partial charge in [-0.3, -0.25) is 9.69 Å². The topological polar surface area (TPSA) is 35.6 Å². The number of nitrogens with one attached hydrogen (secondary N) is 1. The maximum Gasteiger partial charge on any atom is 0.239 e. The van der Waals surface area contributed by atoms with E-state index >= 15 is 0 Å². The van der Waals surface area contributed by atoms with Crippen LogP contribution in [0.4, 0.5) is 0 Å². The largest absolute Gasteiger partial charge is 0.347 e. The highest BCUT2D eigenvalue weighted by Gasteiger charge is 2.30. The van der Waals surface area contributed by atoms with Crippen LogP contribution in [0.2, 0.25) is 0 Å². The number of likely N-dealkylation sites (N-methyl/N-ethyl adjacent to an activating group) is 2. The van der Waals surface area contributed by atoms with Crippen LogP contribution in [-0.2, 0) is 4.79 Å². The lowest BCUT2D eigenvalue weighted by Crippen LogP contribution is -2.53. The minimum absolute atomic E-state index is 0.00801. The minimum Gasteiger partial charge on any atom is -0.347 e. The number of amides is 1. The van der Waals surface area contributed by atoms with Gasteiger partial charge in [0.1, 0.15) is 0 Å². The Morgan fingerprint density at radius 2 is 2.19 bits per heavy atom. The van der Waals surface area contributed by atoms with Crippen molar-refractivity contribution < 1.29 is 4.79 Å². The van der Waals surface area contributed by atoms with Crippen LogP contribution < -0.4 is 5.32 Å². The molecule has 1 N–H and O–H groups in total. The normalized spacial score (nSPS) is 24.1. The van der Waals surface area contributed by atoms with Gasteiger partial charge in [-0.1, -0.05) is 6.42 Å². The third-order valence-electron chi connectivity index (χ3n) is 3.41. The molecule has 0 aromatic carbocycles. The summed E-state index contributed by atoms with van der Waals surface area (Å²) in [6.45, 7) is 4.05. The Balaban J connectivity index is 2.63. The van der Waals surface area contributed by atoms with Gasteiger partial charge in [0.25, 0.3) is 0 Å². The van der Waals surface area contributed by atoms with Gasteiger partial charge < -0.3 is 10.2 Å². The van der Waals surface area contributed by atoms with Crippen LogP contribution in [-0.4, -0.2) is 62.0 Å². The zero-order valence-electron chi connectivity index (χ0n) is 11.0. The molecule has 0 radical (unpaired) electrons. The molecule has 16 heavy (non-hydrogen) atoms. The Kier molecular flexibility index (Phi) is 5.22. The summed E-state index contributed by atoms with van der Waals surface area (Å²) in [6, 6.07) is 0.520. The molecule has 0 saturated carbocycles. The van der Waals surface area contributed by atoms with Crippen LogP contribution in [0.25, 0.3) is 0 Å². The predicted octanol–water partition coefficient (Wildman–Crippen LogP) is 0.537. The van der Waals surface area contributed by atoms with E-state index in [0.29, 0.717) is 6.04 Å². The maximum absolute atomic E-state index is 12.0. The second-order valence-corrected chi connectivity index (χ2v) is 4.85. The third kappa shape index (κ3) is 3.19. The van der Waals surface area contributed by atoms with Crippen LogP contribution in [0, 0.1) is 0 Å². The number of hydrogen-bond acceptors (Lipinski definition) is 3. The van der Waals surface area contributed by atoms with Crippen LogP contribution in [0.15, 0.2) is 0 Å². The standard InChI is InChI=1S/C12H25N3O/c1-10(12(16)14(3)4)15-8-6-5-7-11(15)9-13-2/h10-11,13H,5-9H2,1-4H3. The highest BCUT2D eigenvalue weighted by atomic mass is 16.2. The lowest BCUT2D eigenvalue weighted by molar-refractivity contribution is -0.135. The summed E-state index contributed by atoms with van der Waals surface area (Å²) < 4.78 is 0. The van der Waals surface area contributed by atoms with E-state index < -0.39 is 0 Å². The van der Waals surface area contributed by atoms with Crippen LogP contribution >= 0.6 is 0 Å². The van der Waals surface area contributed by atoms with Crippen molar-refractivity contribution in [3.05, 3.63) is 0 Å². The molecule has 2 atom stereocenters. The van der Waals surface area contributed by atoms with E-state index in [1.165, 1.54) is 19.3 Å². The molecule has 1 rings (SSSR count). The smallest absolute Gasteiger partial charge is 0.239 e. The number of nitrogens with zero attached hydrogens (tertiary/aromatic N) is 2. The number of rotatable bonds is 4. The Bertz CT molecular complexity index is 228. The lowest BCUT2D eigenvalue weighted by Gasteiger charge is -2.39. The highest BCUT2D eigenvalue weighted by molar-refractivity contribution is 5.81. The molecule has 4 nitrogen and oxygen atoms in total. The number of likely N-dealkylation sites (tertiary alicyclic amines) is 1. The fourth-order valence-electron chi connectivity index (χ4n) is 2.50. The SMILES string of the molecule is CNCC1CCCCN1C(C)C(=O)N(C)C. The van der Waals surface area contributed by atoms with Crippen molar-refractivity contribution in [2.24, 2.45) is 0 Å².